The van der Waals surface area contributed by atoms with Crippen LogP contribution in [-0.4, -0.2) is 59.6 Å². The Morgan fingerprint density at radius 1 is 1.27 bits per heavy atom. The van der Waals surface area contributed by atoms with Gasteiger partial charge in [-0.2, -0.15) is 0 Å². The van der Waals surface area contributed by atoms with Crippen molar-refractivity contribution in [1.29, 1.82) is 0 Å². The van der Waals surface area contributed by atoms with Gasteiger partial charge in [0.25, 0.3) is 0 Å². The zero-order valence-corrected chi connectivity index (χ0v) is 16.0. The standard InChI is InChI=1S/C20H28N2O4/c1-13-10-17(26-4)14(2)9-15(13)12-22-7-5-20(6-8-22)16(19(24)25)11-18(23)21(20)3/h9-10,16H,5-8,11-12H2,1-4H3,(H,24,25)/t16-/m0/s1. The molecule has 26 heavy (non-hydrogen) atoms. The maximum atomic E-state index is 12.1. The van der Waals surface area contributed by atoms with Gasteiger partial charge < -0.3 is 14.7 Å². The third-order valence-electron chi connectivity index (χ3n) is 6.34. The molecule has 2 fully saturated rings. The maximum Gasteiger partial charge on any atom is 0.309 e. The number of hydrogen-bond donors (Lipinski definition) is 1. The Labute approximate surface area is 154 Å². The minimum Gasteiger partial charge on any atom is -0.496 e. The molecule has 2 heterocycles. The first-order valence-electron chi connectivity index (χ1n) is 9.14. The van der Waals surface area contributed by atoms with E-state index in [2.05, 4.69) is 24.0 Å². The first-order valence-corrected chi connectivity index (χ1v) is 9.14. The molecule has 1 atom stereocenters. The Kier molecular flexibility index (Phi) is 4.97. The minimum atomic E-state index is -0.849. The summed E-state index contributed by atoms with van der Waals surface area (Å²) in [6, 6.07) is 4.24. The second-order valence-electron chi connectivity index (χ2n) is 7.68. The number of methoxy groups -OCH3 is 1. The summed E-state index contributed by atoms with van der Waals surface area (Å²) in [4.78, 5) is 27.8. The van der Waals surface area contributed by atoms with Crippen molar-refractivity contribution in [2.45, 2.75) is 45.2 Å². The molecule has 0 aromatic heterocycles. The van der Waals surface area contributed by atoms with Crippen LogP contribution in [-0.2, 0) is 16.1 Å². The summed E-state index contributed by atoms with van der Waals surface area (Å²) in [5.74, 6) is -0.586. The number of carboxylic acids is 1. The maximum absolute atomic E-state index is 12.1. The van der Waals surface area contributed by atoms with Gasteiger partial charge in [-0.15, -0.1) is 0 Å². The minimum absolute atomic E-state index is 0.0486. The van der Waals surface area contributed by atoms with Crippen LogP contribution in [0.2, 0.25) is 0 Å². The monoisotopic (exact) mass is 360 g/mol. The quantitative estimate of drug-likeness (QED) is 0.891. The molecule has 6 nitrogen and oxygen atoms in total. The Morgan fingerprint density at radius 3 is 2.50 bits per heavy atom. The zero-order valence-electron chi connectivity index (χ0n) is 16.0. The highest BCUT2D eigenvalue weighted by molar-refractivity contribution is 5.88. The molecule has 1 aromatic carbocycles. The van der Waals surface area contributed by atoms with E-state index in [0.717, 1.165) is 30.9 Å². The Morgan fingerprint density at radius 2 is 1.92 bits per heavy atom. The third-order valence-corrected chi connectivity index (χ3v) is 6.34. The highest BCUT2D eigenvalue weighted by Gasteiger charge is 2.55. The molecule has 2 aliphatic heterocycles. The molecule has 3 rings (SSSR count). The number of aliphatic carboxylic acids is 1. The SMILES string of the molecule is COc1cc(C)c(CN2CCC3(CC2)[C@H](C(=O)O)CC(=O)N3C)cc1C. The van der Waals surface area contributed by atoms with Gasteiger partial charge in [-0.25, -0.2) is 0 Å². The molecule has 1 spiro atoms. The van der Waals surface area contributed by atoms with E-state index in [4.69, 9.17) is 4.74 Å². The first kappa shape index (κ1) is 18.7. The number of hydrogen-bond acceptors (Lipinski definition) is 4. The van der Waals surface area contributed by atoms with E-state index in [9.17, 15) is 14.7 Å². The number of piperidine rings is 1. The molecule has 142 valence electrons. The summed E-state index contributed by atoms with van der Waals surface area (Å²) in [6.07, 6.45) is 1.55. The number of carboxylic acid groups (broad SMARTS) is 1. The third kappa shape index (κ3) is 3.07. The average Bonchev–Trinajstić information content (AvgIpc) is 2.85. The summed E-state index contributed by atoms with van der Waals surface area (Å²) in [5, 5.41) is 9.58. The second kappa shape index (κ2) is 6.91. The van der Waals surface area contributed by atoms with Gasteiger partial charge in [-0.05, 0) is 49.4 Å². The summed E-state index contributed by atoms with van der Waals surface area (Å²) in [5.41, 5.74) is 3.06. The second-order valence-corrected chi connectivity index (χ2v) is 7.68. The van der Waals surface area contributed by atoms with Crippen LogP contribution in [0.1, 0.15) is 36.0 Å². The lowest BCUT2D eigenvalue weighted by atomic mass is 9.77. The first-order chi connectivity index (χ1) is 12.3. The van der Waals surface area contributed by atoms with E-state index in [1.807, 2.05) is 6.92 Å². The highest BCUT2D eigenvalue weighted by atomic mass is 16.5. The van der Waals surface area contributed by atoms with Gasteiger partial charge in [0, 0.05) is 33.1 Å². The molecular weight excluding hydrogens is 332 g/mol. The lowest BCUT2D eigenvalue weighted by Crippen LogP contribution is -2.55. The Bertz CT molecular complexity index is 723. The van der Waals surface area contributed by atoms with Crippen LogP contribution in [0.4, 0.5) is 0 Å². The summed E-state index contributed by atoms with van der Waals surface area (Å²) in [6.45, 7) is 6.57. The van der Waals surface area contributed by atoms with Crippen LogP contribution >= 0.6 is 0 Å². The lowest BCUT2D eigenvalue weighted by molar-refractivity contribution is -0.146. The summed E-state index contributed by atoms with van der Waals surface area (Å²) < 4.78 is 5.38. The van der Waals surface area contributed by atoms with E-state index in [1.165, 1.54) is 11.1 Å². The van der Waals surface area contributed by atoms with E-state index in [-0.39, 0.29) is 12.3 Å². The van der Waals surface area contributed by atoms with Crippen molar-refractivity contribution in [1.82, 2.24) is 9.80 Å². The molecule has 0 aliphatic carbocycles. The molecular formula is C20H28N2O4. The van der Waals surface area contributed by atoms with E-state index in [0.29, 0.717) is 12.8 Å². The van der Waals surface area contributed by atoms with E-state index >= 15 is 0 Å². The molecule has 1 aromatic rings. The van der Waals surface area contributed by atoms with Crippen LogP contribution < -0.4 is 4.74 Å². The average molecular weight is 360 g/mol. The molecule has 1 amide bonds. The van der Waals surface area contributed by atoms with Crippen molar-refractivity contribution in [3.05, 3.63) is 28.8 Å². The molecule has 2 aliphatic rings. The lowest BCUT2D eigenvalue weighted by Gasteiger charge is -2.45. The van der Waals surface area contributed by atoms with Crippen LogP contribution in [0.15, 0.2) is 12.1 Å². The van der Waals surface area contributed by atoms with Crippen molar-refractivity contribution in [3.8, 4) is 5.75 Å². The smallest absolute Gasteiger partial charge is 0.309 e. The molecule has 0 radical (unpaired) electrons. The molecule has 6 heteroatoms. The number of amides is 1. The summed E-state index contributed by atoms with van der Waals surface area (Å²) in [7, 11) is 3.45. The number of ether oxygens (including phenoxy) is 1. The Hall–Kier alpha value is -2.08. The number of carbonyl (C=O) groups is 2. The summed E-state index contributed by atoms with van der Waals surface area (Å²) >= 11 is 0. The fraction of sp³-hybridized carbons (Fsp3) is 0.600. The van der Waals surface area contributed by atoms with Gasteiger partial charge in [-0.3, -0.25) is 14.5 Å². The van der Waals surface area contributed by atoms with Crippen LogP contribution in [0, 0.1) is 19.8 Å². The van der Waals surface area contributed by atoms with Gasteiger partial charge in [0.1, 0.15) is 5.75 Å². The van der Waals surface area contributed by atoms with Crippen molar-refractivity contribution < 1.29 is 19.4 Å². The number of benzene rings is 1. The highest BCUT2D eigenvalue weighted by Crippen LogP contribution is 2.43. The van der Waals surface area contributed by atoms with Crippen LogP contribution in [0.3, 0.4) is 0 Å². The molecule has 0 saturated carbocycles. The van der Waals surface area contributed by atoms with Gasteiger partial charge >= 0.3 is 5.97 Å². The largest absolute Gasteiger partial charge is 0.496 e. The molecule has 1 N–H and O–H groups in total. The van der Waals surface area contributed by atoms with Crippen molar-refractivity contribution >= 4 is 11.9 Å². The predicted octanol–water partition coefficient (Wildman–Crippen LogP) is 2.21. The molecule has 0 unspecified atom stereocenters. The predicted molar refractivity (Wildman–Crippen MR) is 98.2 cm³/mol. The van der Waals surface area contributed by atoms with Crippen LogP contribution in [0.25, 0.3) is 0 Å². The topological polar surface area (TPSA) is 70.1 Å². The van der Waals surface area contributed by atoms with E-state index < -0.39 is 17.4 Å². The number of carbonyl (C=O) groups excluding carboxylic acids is 1. The van der Waals surface area contributed by atoms with E-state index in [1.54, 1.807) is 19.1 Å². The fourth-order valence-electron chi connectivity index (χ4n) is 4.56. The Balaban J connectivity index is 1.72. The molecule has 2 saturated heterocycles. The number of rotatable bonds is 4. The van der Waals surface area contributed by atoms with Crippen LogP contribution in [0.5, 0.6) is 5.75 Å². The van der Waals surface area contributed by atoms with Gasteiger partial charge in [0.15, 0.2) is 0 Å². The van der Waals surface area contributed by atoms with Gasteiger partial charge in [0.05, 0.1) is 18.6 Å². The van der Waals surface area contributed by atoms with Crippen molar-refractivity contribution in [2.75, 3.05) is 27.2 Å². The number of likely N-dealkylation sites (tertiary alicyclic amines) is 2. The number of nitrogens with zero attached hydrogens (tertiary/aromatic N) is 2. The zero-order chi connectivity index (χ0) is 19.1. The normalized spacial score (nSPS) is 22.8. The van der Waals surface area contributed by atoms with Crippen molar-refractivity contribution in [3.63, 3.8) is 0 Å². The number of aryl methyl sites for hydroxylation is 2. The van der Waals surface area contributed by atoms with Crippen molar-refractivity contribution in [2.24, 2.45) is 5.92 Å². The van der Waals surface area contributed by atoms with Gasteiger partial charge in [0.2, 0.25) is 5.91 Å². The van der Waals surface area contributed by atoms with Gasteiger partial charge in [-0.1, -0.05) is 6.07 Å². The fourth-order valence-corrected chi connectivity index (χ4v) is 4.56. The molecule has 0 bridgehead atoms.